The Morgan fingerprint density at radius 3 is 2.44 bits per heavy atom. The van der Waals surface area contributed by atoms with E-state index in [0.717, 1.165) is 22.3 Å². The van der Waals surface area contributed by atoms with Gasteiger partial charge in [0.1, 0.15) is 17.2 Å². The van der Waals surface area contributed by atoms with Crippen molar-refractivity contribution in [3.05, 3.63) is 89.0 Å². The van der Waals surface area contributed by atoms with Crippen LogP contribution in [-0.2, 0) is 32.6 Å². The minimum Gasteiger partial charge on any atom is -0.494 e. The normalized spacial score (nSPS) is 20.9. The van der Waals surface area contributed by atoms with E-state index in [-0.39, 0.29) is 5.91 Å². The van der Waals surface area contributed by atoms with Gasteiger partial charge in [0, 0.05) is 32.6 Å². The Labute approximate surface area is 241 Å². The van der Waals surface area contributed by atoms with E-state index in [2.05, 4.69) is 5.32 Å². The highest BCUT2D eigenvalue weighted by molar-refractivity contribution is 7.86. The molecule has 0 spiro atoms. The number of nitrogens with one attached hydrogen (secondary N) is 1. The maximum Gasteiger partial charge on any atom is 0.283 e. The van der Waals surface area contributed by atoms with Crippen molar-refractivity contribution in [1.29, 1.82) is 0 Å². The largest absolute Gasteiger partial charge is 0.494 e. The Kier molecular flexibility index (Phi) is 8.25. The number of rotatable bonds is 2. The van der Waals surface area contributed by atoms with Gasteiger partial charge < -0.3 is 19.5 Å². The van der Waals surface area contributed by atoms with E-state index >= 15 is 0 Å². The van der Waals surface area contributed by atoms with E-state index in [1.807, 2.05) is 66.7 Å². The quantitative estimate of drug-likeness (QED) is 0.497. The van der Waals surface area contributed by atoms with Gasteiger partial charge in [-0.3, -0.25) is 4.79 Å². The molecular formula is C31H35N3O6S. The van der Waals surface area contributed by atoms with Gasteiger partial charge in [0.2, 0.25) is 5.91 Å². The van der Waals surface area contributed by atoms with Gasteiger partial charge in [-0.15, -0.1) is 0 Å². The topological polar surface area (TPSA) is 97.4 Å². The summed E-state index contributed by atoms with van der Waals surface area (Å²) in [7, 11) is -3.75. The molecule has 1 N–H and O–H groups in total. The van der Waals surface area contributed by atoms with Crippen molar-refractivity contribution in [1.82, 2.24) is 13.9 Å². The molecule has 1 atom stereocenters. The fourth-order valence-electron chi connectivity index (χ4n) is 5.63. The molecule has 10 heteroatoms. The van der Waals surface area contributed by atoms with Crippen LogP contribution >= 0.6 is 0 Å². The van der Waals surface area contributed by atoms with E-state index in [4.69, 9.17) is 14.2 Å². The van der Waals surface area contributed by atoms with Gasteiger partial charge in [0.15, 0.2) is 0 Å². The molecule has 8 rings (SSSR count). The molecular weight excluding hydrogens is 542 g/mol. The van der Waals surface area contributed by atoms with Gasteiger partial charge in [-0.2, -0.15) is 17.0 Å². The third-order valence-corrected chi connectivity index (χ3v) is 9.78. The molecule has 41 heavy (non-hydrogen) atoms. The fourth-order valence-corrected chi connectivity index (χ4v) is 7.37. The lowest BCUT2D eigenvalue weighted by atomic mass is 9.89. The maximum absolute atomic E-state index is 14.0. The molecule has 0 radical (unpaired) electrons. The molecule has 3 aromatic carbocycles. The van der Waals surface area contributed by atoms with Gasteiger partial charge in [0.25, 0.3) is 10.2 Å². The smallest absolute Gasteiger partial charge is 0.283 e. The van der Waals surface area contributed by atoms with Crippen molar-refractivity contribution < 1.29 is 27.4 Å². The monoisotopic (exact) mass is 577 g/mol. The van der Waals surface area contributed by atoms with Crippen LogP contribution in [0.15, 0.2) is 66.7 Å². The first-order chi connectivity index (χ1) is 20.0. The van der Waals surface area contributed by atoms with Crippen molar-refractivity contribution >= 4 is 16.1 Å². The highest BCUT2D eigenvalue weighted by Gasteiger charge is 2.40. The molecule has 1 amide bonds. The van der Waals surface area contributed by atoms with Crippen LogP contribution in [0.1, 0.15) is 41.1 Å². The molecule has 0 aromatic heterocycles. The number of fused-ring (bicyclic) bond motifs is 1. The zero-order valence-electron chi connectivity index (χ0n) is 23.0. The lowest BCUT2D eigenvalue weighted by Crippen LogP contribution is -2.51. The third-order valence-electron chi connectivity index (χ3n) is 7.78. The van der Waals surface area contributed by atoms with Crippen LogP contribution in [0.2, 0.25) is 0 Å². The number of amides is 1. The zero-order chi connectivity index (χ0) is 28.2. The number of carbonyl (C=O) groups is 1. The Morgan fingerprint density at radius 2 is 1.61 bits per heavy atom. The number of nitrogens with zero attached hydrogens (tertiary/aromatic N) is 2. The molecule has 0 saturated carbocycles. The second kappa shape index (κ2) is 12.2. The molecule has 5 heterocycles. The molecule has 8 bridgehead atoms. The summed E-state index contributed by atoms with van der Waals surface area (Å²) in [6.45, 7) is 2.76. The summed E-state index contributed by atoms with van der Waals surface area (Å²) >= 11 is 0. The predicted octanol–water partition coefficient (Wildman–Crippen LogP) is 3.83. The summed E-state index contributed by atoms with van der Waals surface area (Å²) in [5.41, 5.74) is 3.89. The van der Waals surface area contributed by atoms with Crippen LogP contribution in [0.4, 0.5) is 0 Å². The standard InChI is InChI=1S/C31H35N3O6S/c35-30-12-7-23-5-8-26(9-6-23)40-28-10-11-29-24(21-28)13-15-34(41(36,37)33-16-19-38-20-17-33)31(29)25-3-1-4-27(22-25)39-18-2-14-32-30/h1,3-6,8-11,21-22,31H,2,7,12-20H2,(H,32,35). The molecule has 216 valence electrons. The Morgan fingerprint density at radius 1 is 0.805 bits per heavy atom. The first kappa shape index (κ1) is 27.7. The summed E-state index contributed by atoms with van der Waals surface area (Å²) < 4.78 is 48.7. The van der Waals surface area contributed by atoms with Crippen LogP contribution in [0.25, 0.3) is 0 Å². The van der Waals surface area contributed by atoms with E-state index in [0.29, 0.717) is 88.9 Å². The van der Waals surface area contributed by atoms with Crippen molar-refractivity contribution in [3.8, 4) is 17.2 Å². The lowest BCUT2D eigenvalue weighted by Gasteiger charge is -2.40. The van der Waals surface area contributed by atoms with Crippen LogP contribution in [-0.4, -0.2) is 68.9 Å². The first-order valence-corrected chi connectivity index (χ1v) is 15.6. The third kappa shape index (κ3) is 6.25. The van der Waals surface area contributed by atoms with Gasteiger partial charge in [0.05, 0.1) is 25.9 Å². The minimum absolute atomic E-state index is 0.00778. The number of benzene rings is 3. The van der Waals surface area contributed by atoms with E-state index < -0.39 is 16.3 Å². The van der Waals surface area contributed by atoms with Gasteiger partial charge in [-0.1, -0.05) is 30.3 Å². The van der Waals surface area contributed by atoms with E-state index in [1.165, 1.54) is 4.31 Å². The zero-order valence-corrected chi connectivity index (χ0v) is 23.8. The summed E-state index contributed by atoms with van der Waals surface area (Å²) in [4.78, 5) is 12.3. The number of morpholine rings is 1. The molecule has 0 aliphatic carbocycles. The van der Waals surface area contributed by atoms with Crippen LogP contribution in [0.5, 0.6) is 17.2 Å². The summed E-state index contributed by atoms with van der Waals surface area (Å²) in [5, 5.41) is 2.96. The average molecular weight is 578 g/mol. The van der Waals surface area contributed by atoms with E-state index in [9.17, 15) is 13.2 Å². The molecule has 5 aliphatic heterocycles. The Bertz CT molecular complexity index is 1490. The predicted molar refractivity (Wildman–Crippen MR) is 154 cm³/mol. The van der Waals surface area contributed by atoms with Crippen molar-refractivity contribution in [2.45, 2.75) is 31.7 Å². The Balaban J connectivity index is 1.38. The number of carbonyl (C=O) groups excluding carboxylic acids is 1. The van der Waals surface area contributed by atoms with E-state index in [1.54, 1.807) is 4.31 Å². The van der Waals surface area contributed by atoms with Crippen molar-refractivity contribution in [2.24, 2.45) is 0 Å². The molecule has 1 fully saturated rings. The number of ether oxygens (including phenoxy) is 3. The molecule has 3 aromatic rings. The van der Waals surface area contributed by atoms with Gasteiger partial charge in [-0.05, 0) is 77.9 Å². The van der Waals surface area contributed by atoms with Crippen molar-refractivity contribution in [3.63, 3.8) is 0 Å². The second-order valence-electron chi connectivity index (χ2n) is 10.5. The number of hydrogen-bond donors (Lipinski definition) is 1. The molecule has 5 aliphatic rings. The summed E-state index contributed by atoms with van der Waals surface area (Å²) in [6.07, 6.45) is 2.30. The second-order valence-corrected chi connectivity index (χ2v) is 12.4. The van der Waals surface area contributed by atoms with Crippen LogP contribution in [0.3, 0.4) is 0 Å². The molecule has 1 unspecified atom stereocenters. The summed E-state index contributed by atoms with van der Waals surface area (Å²) in [6, 6.07) is 20.8. The highest BCUT2D eigenvalue weighted by atomic mass is 32.2. The van der Waals surface area contributed by atoms with Crippen molar-refractivity contribution in [2.75, 3.05) is 46.0 Å². The van der Waals surface area contributed by atoms with Crippen LogP contribution < -0.4 is 14.8 Å². The molecule has 1 saturated heterocycles. The number of aryl methyl sites for hydroxylation is 1. The molecule has 9 nitrogen and oxygen atoms in total. The lowest BCUT2D eigenvalue weighted by molar-refractivity contribution is -0.121. The van der Waals surface area contributed by atoms with Gasteiger partial charge >= 0.3 is 0 Å². The maximum atomic E-state index is 14.0. The minimum atomic E-state index is -3.75. The van der Waals surface area contributed by atoms with Crippen LogP contribution in [0, 0.1) is 0 Å². The van der Waals surface area contributed by atoms with Gasteiger partial charge in [-0.25, -0.2) is 0 Å². The summed E-state index contributed by atoms with van der Waals surface area (Å²) in [5.74, 6) is 2.07. The number of hydrogen-bond acceptors (Lipinski definition) is 6. The SMILES string of the molecule is O=C1CCc2ccc(cc2)Oc2ccc3c(c2)CCN(S(=O)(=O)N2CCOCC2)C3c2cccc(c2)OCCCN1. The highest BCUT2D eigenvalue weighted by Crippen LogP contribution is 2.40. The average Bonchev–Trinajstić information content (AvgIpc) is 3.00. The fraction of sp³-hybridized carbons (Fsp3) is 0.387. The first-order valence-electron chi connectivity index (χ1n) is 14.2. The Hall–Kier alpha value is -3.44.